The largest absolute Gasteiger partial charge is 0.299 e. The van der Waals surface area contributed by atoms with Crippen LogP contribution in [0, 0.1) is 0 Å². The number of hydrogen-bond donors (Lipinski definition) is 2. The molecule has 0 fully saturated rings. The number of hydrogen-bond acceptors (Lipinski definition) is 5. The minimum atomic E-state index is -0.285. The van der Waals surface area contributed by atoms with E-state index < -0.39 is 0 Å². The zero-order chi connectivity index (χ0) is 17.6. The Balaban J connectivity index is 1.66. The normalized spacial score (nSPS) is 10.6. The zero-order valence-electron chi connectivity index (χ0n) is 13.8. The van der Waals surface area contributed by atoms with Crippen LogP contribution in [0.4, 0.5) is 5.95 Å². The highest BCUT2D eigenvalue weighted by atomic mass is 32.1. The summed E-state index contributed by atoms with van der Waals surface area (Å²) in [6, 6.07) is 13.3. The standard InChI is InChI=1S/C17H18N6OS/c1-2-3-11-23-21-16(20-22-23)19-17(25)18-15(24)14-10-6-8-12-7-4-5-9-13(12)14/h4-10H,2-3,11H2,1H3,(H2,18,19,21,24,25). The van der Waals surface area contributed by atoms with E-state index in [0.29, 0.717) is 12.1 Å². The Morgan fingerprint density at radius 2 is 2.00 bits per heavy atom. The summed E-state index contributed by atoms with van der Waals surface area (Å²) in [6.45, 7) is 2.79. The molecule has 0 saturated carbocycles. The van der Waals surface area contributed by atoms with Gasteiger partial charge in [-0.05, 0) is 40.7 Å². The third-order valence-corrected chi connectivity index (χ3v) is 3.86. The van der Waals surface area contributed by atoms with Crippen LogP contribution < -0.4 is 10.6 Å². The highest BCUT2D eigenvalue weighted by Gasteiger charge is 2.12. The first-order chi connectivity index (χ1) is 12.2. The van der Waals surface area contributed by atoms with Gasteiger partial charge in [0.15, 0.2) is 5.11 Å². The molecule has 1 heterocycles. The monoisotopic (exact) mass is 354 g/mol. The number of amides is 1. The molecule has 3 rings (SSSR count). The minimum absolute atomic E-state index is 0.132. The number of aromatic nitrogens is 4. The average molecular weight is 354 g/mol. The zero-order valence-corrected chi connectivity index (χ0v) is 14.6. The molecule has 0 radical (unpaired) electrons. The molecule has 2 N–H and O–H groups in total. The van der Waals surface area contributed by atoms with Crippen LogP contribution in [0.1, 0.15) is 30.1 Å². The number of anilines is 1. The fraction of sp³-hybridized carbons (Fsp3) is 0.235. The molecule has 0 atom stereocenters. The highest BCUT2D eigenvalue weighted by molar-refractivity contribution is 7.80. The van der Waals surface area contributed by atoms with Crippen molar-refractivity contribution in [3.8, 4) is 0 Å². The predicted octanol–water partition coefficient (Wildman–Crippen LogP) is 2.75. The maximum Gasteiger partial charge on any atom is 0.269 e. The predicted molar refractivity (Wildman–Crippen MR) is 100 cm³/mol. The summed E-state index contributed by atoms with van der Waals surface area (Å²) >= 11 is 5.17. The van der Waals surface area contributed by atoms with E-state index in [9.17, 15) is 4.79 Å². The van der Waals surface area contributed by atoms with Gasteiger partial charge in [-0.3, -0.25) is 15.4 Å². The van der Waals surface area contributed by atoms with Gasteiger partial charge in [0.1, 0.15) is 0 Å². The van der Waals surface area contributed by atoms with Gasteiger partial charge in [-0.1, -0.05) is 54.8 Å². The maximum absolute atomic E-state index is 12.5. The number of benzene rings is 2. The summed E-state index contributed by atoms with van der Waals surface area (Å²) in [5.74, 6) is -0.0213. The van der Waals surface area contributed by atoms with Gasteiger partial charge >= 0.3 is 0 Å². The summed E-state index contributed by atoms with van der Waals surface area (Å²) in [5.41, 5.74) is 0.557. The molecule has 0 aliphatic rings. The molecular weight excluding hydrogens is 336 g/mol. The number of aryl methyl sites for hydroxylation is 1. The van der Waals surface area contributed by atoms with Gasteiger partial charge in [-0.25, -0.2) is 0 Å². The first-order valence-corrected chi connectivity index (χ1v) is 8.46. The van der Waals surface area contributed by atoms with E-state index in [1.54, 1.807) is 6.07 Å². The second-order valence-electron chi connectivity index (χ2n) is 5.50. The number of nitrogens with zero attached hydrogens (tertiary/aromatic N) is 4. The van der Waals surface area contributed by atoms with Crippen molar-refractivity contribution in [1.82, 2.24) is 25.5 Å². The molecule has 128 valence electrons. The van der Waals surface area contributed by atoms with E-state index in [0.717, 1.165) is 23.6 Å². The van der Waals surface area contributed by atoms with Crippen molar-refractivity contribution in [2.24, 2.45) is 0 Å². The summed E-state index contributed by atoms with van der Waals surface area (Å²) in [4.78, 5) is 14.0. The fourth-order valence-electron chi connectivity index (χ4n) is 2.41. The van der Waals surface area contributed by atoms with Gasteiger partial charge in [0.25, 0.3) is 11.9 Å². The van der Waals surface area contributed by atoms with Crippen LogP contribution in [0.5, 0.6) is 0 Å². The topological polar surface area (TPSA) is 84.7 Å². The van der Waals surface area contributed by atoms with Crippen molar-refractivity contribution >= 4 is 40.0 Å². The summed E-state index contributed by atoms with van der Waals surface area (Å²) < 4.78 is 0. The van der Waals surface area contributed by atoms with E-state index in [1.807, 2.05) is 36.4 Å². The second-order valence-corrected chi connectivity index (χ2v) is 5.91. The van der Waals surface area contributed by atoms with E-state index in [1.165, 1.54) is 4.80 Å². The van der Waals surface area contributed by atoms with Crippen LogP contribution in [0.2, 0.25) is 0 Å². The molecule has 1 amide bonds. The molecule has 0 aliphatic carbocycles. The third-order valence-electron chi connectivity index (χ3n) is 3.65. The Morgan fingerprint density at radius 3 is 2.84 bits per heavy atom. The van der Waals surface area contributed by atoms with E-state index >= 15 is 0 Å². The molecule has 0 bridgehead atoms. The van der Waals surface area contributed by atoms with Gasteiger partial charge in [-0.15, -0.1) is 5.10 Å². The van der Waals surface area contributed by atoms with Crippen LogP contribution in [0.15, 0.2) is 42.5 Å². The first kappa shape index (κ1) is 17.0. The summed E-state index contributed by atoms with van der Waals surface area (Å²) in [5, 5.41) is 19.4. The third kappa shape index (κ3) is 4.16. The molecule has 0 aliphatic heterocycles. The highest BCUT2D eigenvalue weighted by Crippen LogP contribution is 2.18. The van der Waals surface area contributed by atoms with E-state index in [-0.39, 0.29) is 17.0 Å². The number of carbonyl (C=O) groups is 1. The lowest BCUT2D eigenvalue weighted by molar-refractivity contribution is 0.0979. The Kier molecular flexibility index (Phi) is 5.30. The van der Waals surface area contributed by atoms with Crippen molar-refractivity contribution in [2.75, 3.05) is 5.32 Å². The number of tetrazole rings is 1. The molecule has 2 aromatic carbocycles. The van der Waals surface area contributed by atoms with E-state index in [4.69, 9.17) is 12.2 Å². The lowest BCUT2D eigenvalue weighted by Gasteiger charge is -2.08. The summed E-state index contributed by atoms with van der Waals surface area (Å²) in [7, 11) is 0. The van der Waals surface area contributed by atoms with Gasteiger partial charge in [-0.2, -0.15) is 4.80 Å². The SMILES string of the molecule is CCCCn1nnc(NC(=S)NC(=O)c2cccc3ccccc23)n1. The quantitative estimate of drug-likeness (QED) is 0.686. The van der Waals surface area contributed by atoms with Gasteiger partial charge < -0.3 is 0 Å². The van der Waals surface area contributed by atoms with Crippen LogP contribution in [-0.4, -0.2) is 31.2 Å². The number of fused-ring (bicyclic) bond motifs is 1. The lowest BCUT2D eigenvalue weighted by atomic mass is 10.0. The molecule has 0 saturated heterocycles. The van der Waals surface area contributed by atoms with Crippen molar-refractivity contribution < 1.29 is 4.79 Å². The molecule has 1 aromatic heterocycles. The molecule has 0 spiro atoms. The van der Waals surface area contributed by atoms with Gasteiger partial charge in [0.2, 0.25) is 0 Å². The van der Waals surface area contributed by atoms with Gasteiger partial charge in [0, 0.05) is 5.56 Å². The lowest BCUT2D eigenvalue weighted by Crippen LogP contribution is -2.34. The van der Waals surface area contributed by atoms with Crippen molar-refractivity contribution in [3.63, 3.8) is 0 Å². The number of carbonyl (C=O) groups excluding carboxylic acids is 1. The smallest absolute Gasteiger partial charge is 0.269 e. The number of unbranched alkanes of at least 4 members (excludes halogenated alkanes) is 1. The number of thiocarbonyl (C=S) groups is 1. The van der Waals surface area contributed by atoms with Crippen LogP contribution in [-0.2, 0) is 6.54 Å². The van der Waals surface area contributed by atoms with Crippen LogP contribution >= 0.6 is 12.2 Å². The van der Waals surface area contributed by atoms with Crippen molar-refractivity contribution in [1.29, 1.82) is 0 Å². The molecule has 25 heavy (non-hydrogen) atoms. The average Bonchev–Trinajstić information content (AvgIpc) is 3.06. The maximum atomic E-state index is 12.5. The van der Waals surface area contributed by atoms with Crippen LogP contribution in [0.25, 0.3) is 10.8 Å². The number of nitrogens with one attached hydrogen (secondary N) is 2. The molecule has 3 aromatic rings. The van der Waals surface area contributed by atoms with Gasteiger partial charge in [0.05, 0.1) is 6.54 Å². The summed E-state index contributed by atoms with van der Waals surface area (Å²) in [6.07, 6.45) is 2.02. The van der Waals surface area contributed by atoms with E-state index in [2.05, 4.69) is 33.0 Å². The number of rotatable bonds is 5. The van der Waals surface area contributed by atoms with Crippen LogP contribution in [0.3, 0.4) is 0 Å². The Labute approximate surface area is 150 Å². The van der Waals surface area contributed by atoms with Crippen molar-refractivity contribution in [2.45, 2.75) is 26.3 Å². The Bertz CT molecular complexity index is 902. The minimum Gasteiger partial charge on any atom is -0.299 e. The first-order valence-electron chi connectivity index (χ1n) is 8.05. The Morgan fingerprint density at radius 1 is 1.20 bits per heavy atom. The molecule has 7 nitrogen and oxygen atoms in total. The molecule has 0 unspecified atom stereocenters. The fourth-order valence-corrected chi connectivity index (χ4v) is 2.60. The Hall–Kier alpha value is -2.87. The molecular formula is C17H18N6OS. The van der Waals surface area contributed by atoms with Crippen molar-refractivity contribution in [3.05, 3.63) is 48.0 Å². The second kappa shape index (κ2) is 7.80. The molecule has 8 heteroatoms.